The van der Waals surface area contributed by atoms with E-state index in [1.54, 1.807) is 0 Å². The normalized spacial score (nSPS) is 26.9. The molecule has 0 aliphatic carbocycles. The van der Waals surface area contributed by atoms with Crippen LogP contribution in [0.15, 0.2) is 24.3 Å². The molecule has 1 heterocycles. The van der Waals surface area contributed by atoms with Crippen LogP contribution >= 0.6 is 11.6 Å². The van der Waals surface area contributed by atoms with Crippen molar-refractivity contribution in [2.45, 2.75) is 38.0 Å². The van der Waals surface area contributed by atoms with Crippen molar-refractivity contribution in [2.24, 2.45) is 0 Å². The third-order valence-corrected chi connectivity index (χ3v) is 3.43. The first-order chi connectivity index (χ1) is 7.70. The van der Waals surface area contributed by atoms with E-state index in [-0.39, 0.29) is 12.1 Å². The molecule has 1 aliphatic rings. The van der Waals surface area contributed by atoms with Gasteiger partial charge in [-0.25, -0.2) is 0 Å². The summed E-state index contributed by atoms with van der Waals surface area (Å²) in [6.45, 7) is 2.13. The van der Waals surface area contributed by atoms with Crippen molar-refractivity contribution >= 4 is 11.6 Å². The Morgan fingerprint density at radius 2 is 2.00 bits per heavy atom. The molecule has 1 aliphatic heterocycles. The largest absolute Gasteiger partial charge is 0.373 e. The predicted octanol–water partition coefficient (Wildman–Crippen LogP) is 3.17. The van der Waals surface area contributed by atoms with E-state index in [4.69, 9.17) is 16.3 Å². The van der Waals surface area contributed by atoms with Crippen LogP contribution < -0.4 is 5.32 Å². The van der Waals surface area contributed by atoms with E-state index in [0.29, 0.717) is 6.10 Å². The molecule has 3 unspecified atom stereocenters. The van der Waals surface area contributed by atoms with Gasteiger partial charge in [-0.2, -0.15) is 0 Å². The van der Waals surface area contributed by atoms with Gasteiger partial charge >= 0.3 is 0 Å². The lowest BCUT2D eigenvalue weighted by Crippen LogP contribution is -2.29. The van der Waals surface area contributed by atoms with Crippen LogP contribution in [0.4, 0.5) is 0 Å². The minimum absolute atomic E-state index is 0.266. The molecule has 2 rings (SSSR count). The Morgan fingerprint density at radius 1 is 1.31 bits per heavy atom. The van der Waals surface area contributed by atoms with Crippen molar-refractivity contribution in [2.75, 3.05) is 7.05 Å². The van der Waals surface area contributed by atoms with Gasteiger partial charge in [0.15, 0.2) is 0 Å². The fourth-order valence-corrected chi connectivity index (χ4v) is 2.44. The lowest BCUT2D eigenvalue weighted by Gasteiger charge is -2.23. The summed E-state index contributed by atoms with van der Waals surface area (Å²) in [5, 5.41) is 4.11. The van der Waals surface area contributed by atoms with Gasteiger partial charge in [0.25, 0.3) is 0 Å². The zero-order chi connectivity index (χ0) is 11.5. The molecule has 88 valence electrons. The van der Waals surface area contributed by atoms with Gasteiger partial charge < -0.3 is 10.1 Å². The van der Waals surface area contributed by atoms with Crippen molar-refractivity contribution in [3.63, 3.8) is 0 Å². The van der Waals surface area contributed by atoms with E-state index in [2.05, 4.69) is 24.4 Å². The number of likely N-dealkylation sites (N-methyl/N-ethyl adjacent to an activating group) is 1. The second kappa shape index (κ2) is 5.17. The van der Waals surface area contributed by atoms with Crippen LogP contribution in [0.5, 0.6) is 0 Å². The highest BCUT2D eigenvalue weighted by atomic mass is 35.5. The molecular formula is C13H18ClNO. The zero-order valence-corrected chi connectivity index (χ0v) is 10.5. The summed E-state index contributed by atoms with van der Waals surface area (Å²) in [4.78, 5) is 0. The molecule has 16 heavy (non-hydrogen) atoms. The van der Waals surface area contributed by atoms with Crippen LogP contribution in [0.1, 0.15) is 31.4 Å². The molecule has 3 atom stereocenters. The van der Waals surface area contributed by atoms with Gasteiger partial charge in [-0.15, -0.1) is 0 Å². The quantitative estimate of drug-likeness (QED) is 0.875. The van der Waals surface area contributed by atoms with E-state index < -0.39 is 0 Å². The van der Waals surface area contributed by atoms with Crippen molar-refractivity contribution < 1.29 is 4.74 Å². The average Bonchev–Trinajstić information content (AvgIpc) is 2.69. The first-order valence-corrected chi connectivity index (χ1v) is 6.16. The van der Waals surface area contributed by atoms with Crippen LogP contribution in [0, 0.1) is 0 Å². The molecule has 1 fully saturated rings. The van der Waals surface area contributed by atoms with E-state index in [1.165, 1.54) is 5.56 Å². The Labute approximate surface area is 102 Å². The maximum absolute atomic E-state index is 5.90. The number of rotatable bonds is 3. The summed E-state index contributed by atoms with van der Waals surface area (Å²) < 4.78 is 5.90. The Balaban J connectivity index is 2.13. The minimum atomic E-state index is 0.266. The summed E-state index contributed by atoms with van der Waals surface area (Å²) >= 11 is 5.89. The third-order valence-electron chi connectivity index (χ3n) is 3.18. The summed E-state index contributed by atoms with van der Waals surface area (Å²) in [5.41, 5.74) is 1.24. The summed E-state index contributed by atoms with van der Waals surface area (Å²) in [5.74, 6) is 0. The Bertz CT molecular complexity index is 338. The van der Waals surface area contributed by atoms with Gasteiger partial charge in [-0.1, -0.05) is 23.7 Å². The van der Waals surface area contributed by atoms with Crippen molar-refractivity contribution in [1.82, 2.24) is 5.32 Å². The summed E-state index contributed by atoms with van der Waals surface area (Å²) in [6, 6.07) is 8.26. The van der Waals surface area contributed by atoms with Crippen LogP contribution in [0.25, 0.3) is 0 Å². The lowest BCUT2D eigenvalue weighted by molar-refractivity contribution is 0.0333. The SMILES string of the molecule is CNC(c1ccc(Cl)cc1)C1CCC(C)O1. The van der Waals surface area contributed by atoms with E-state index in [9.17, 15) is 0 Å². The molecule has 0 saturated carbocycles. The maximum atomic E-state index is 5.90. The van der Waals surface area contributed by atoms with E-state index >= 15 is 0 Å². The number of nitrogens with one attached hydrogen (secondary N) is 1. The van der Waals surface area contributed by atoms with E-state index in [1.807, 2.05) is 19.2 Å². The monoisotopic (exact) mass is 239 g/mol. The maximum Gasteiger partial charge on any atom is 0.0774 e. The van der Waals surface area contributed by atoms with Crippen LogP contribution in [-0.2, 0) is 4.74 Å². The van der Waals surface area contributed by atoms with Crippen molar-refractivity contribution in [3.8, 4) is 0 Å². The lowest BCUT2D eigenvalue weighted by atomic mass is 9.99. The van der Waals surface area contributed by atoms with Crippen molar-refractivity contribution in [3.05, 3.63) is 34.9 Å². The molecule has 0 spiro atoms. The minimum Gasteiger partial charge on any atom is -0.373 e. The molecule has 3 heteroatoms. The first kappa shape index (κ1) is 11.9. The second-order valence-corrected chi connectivity index (χ2v) is 4.82. The average molecular weight is 240 g/mol. The molecule has 0 amide bonds. The van der Waals surface area contributed by atoms with Crippen molar-refractivity contribution in [1.29, 1.82) is 0 Å². The Kier molecular flexibility index (Phi) is 3.85. The van der Waals surface area contributed by atoms with Crippen LogP contribution in [0.2, 0.25) is 5.02 Å². The third kappa shape index (κ3) is 2.57. The molecule has 0 radical (unpaired) electrons. The molecule has 0 aromatic heterocycles. The van der Waals surface area contributed by atoms with Crippen LogP contribution in [-0.4, -0.2) is 19.3 Å². The standard InChI is InChI=1S/C13H18ClNO/c1-9-3-8-12(16-9)13(15-2)10-4-6-11(14)7-5-10/h4-7,9,12-13,15H,3,8H2,1-2H3. The summed E-state index contributed by atoms with van der Waals surface area (Å²) in [7, 11) is 1.98. The molecule has 1 aromatic carbocycles. The highest BCUT2D eigenvalue weighted by Crippen LogP contribution is 2.30. The van der Waals surface area contributed by atoms with Gasteiger partial charge in [0.2, 0.25) is 0 Å². The van der Waals surface area contributed by atoms with Crippen LogP contribution in [0.3, 0.4) is 0 Å². The molecule has 1 saturated heterocycles. The van der Waals surface area contributed by atoms with E-state index in [0.717, 1.165) is 17.9 Å². The Morgan fingerprint density at radius 3 is 2.50 bits per heavy atom. The second-order valence-electron chi connectivity index (χ2n) is 4.38. The van der Waals surface area contributed by atoms with Gasteiger partial charge in [-0.05, 0) is 44.5 Å². The molecule has 1 N–H and O–H groups in total. The summed E-state index contributed by atoms with van der Waals surface area (Å²) in [6.07, 6.45) is 2.93. The molecular weight excluding hydrogens is 222 g/mol. The fraction of sp³-hybridized carbons (Fsp3) is 0.538. The predicted molar refractivity (Wildman–Crippen MR) is 66.8 cm³/mol. The molecule has 1 aromatic rings. The van der Waals surface area contributed by atoms with Gasteiger partial charge in [-0.3, -0.25) is 0 Å². The highest BCUT2D eigenvalue weighted by molar-refractivity contribution is 6.30. The fourth-order valence-electron chi connectivity index (χ4n) is 2.32. The zero-order valence-electron chi connectivity index (χ0n) is 9.74. The Hall–Kier alpha value is -0.570. The molecule has 2 nitrogen and oxygen atoms in total. The van der Waals surface area contributed by atoms with Gasteiger partial charge in [0.1, 0.15) is 0 Å². The van der Waals surface area contributed by atoms with Gasteiger partial charge in [0, 0.05) is 5.02 Å². The number of benzene rings is 1. The number of hydrogen-bond donors (Lipinski definition) is 1. The smallest absolute Gasteiger partial charge is 0.0774 e. The number of halogens is 1. The highest BCUT2D eigenvalue weighted by Gasteiger charge is 2.29. The number of ether oxygens (including phenoxy) is 1. The number of hydrogen-bond acceptors (Lipinski definition) is 2. The topological polar surface area (TPSA) is 21.3 Å². The van der Waals surface area contributed by atoms with Gasteiger partial charge in [0.05, 0.1) is 18.2 Å². The first-order valence-electron chi connectivity index (χ1n) is 5.79. The molecule has 0 bridgehead atoms.